The average Bonchev–Trinajstić information content (AvgIpc) is 2.64. The summed E-state index contributed by atoms with van der Waals surface area (Å²) in [4.78, 5) is 15.2. The highest BCUT2D eigenvalue weighted by Gasteiger charge is 2.23. The first-order valence-electron chi connectivity index (χ1n) is 10.1. The van der Waals surface area contributed by atoms with Crippen molar-refractivity contribution in [3.63, 3.8) is 0 Å². The zero-order valence-corrected chi connectivity index (χ0v) is 17.8. The summed E-state index contributed by atoms with van der Waals surface area (Å²) >= 11 is 6.40. The molecule has 1 aromatic carbocycles. The highest BCUT2D eigenvalue weighted by atomic mass is 35.5. The minimum atomic E-state index is -0.110. The summed E-state index contributed by atoms with van der Waals surface area (Å²) < 4.78 is 11.5. The molecule has 1 amide bonds. The number of piperidine rings is 1. The molecule has 27 heavy (non-hydrogen) atoms. The van der Waals surface area contributed by atoms with Crippen molar-refractivity contribution < 1.29 is 14.3 Å². The number of likely N-dealkylation sites (tertiary alicyclic amines) is 1. The van der Waals surface area contributed by atoms with Crippen molar-refractivity contribution in [2.75, 3.05) is 26.3 Å². The zero-order valence-electron chi connectivity index (χ0n) is 17.0. The van der Waals surface area contributed by atoms with Crippen molar-refractivity contribution in [2.24, 2.45) is 0 Å². The maximum atomic E-state index is 12.7. The van der Waals surface area contributed by atoms with Gasteiger partial charge in [-0.05, 0) is 52.2 Å². The number of carbonyl (C=O) groups is 1. The number of hydrogen-bond acceptors (Lipinski definition) is 4. The fourth-order valence-corrected chi connectivity index (χ4v) is 3.51. The van der Waals surface area contributed by atoms with Crippen molar-refractivity contribution in [1.29, 1.82) is 0 Å². The number of benzene rings is 1. The number of ether oxygens (including phenoxy) is 2. The fourth-order valence-electron chi connectivity index (χ4n) is 3.25. The van der Waals surface area contributed by atoms with Crippen molar-refractivity contribution in [1.82, 2.24) is 10.2 Å². The molecule has 0 atom stereocenters. The molecule has 0 unspecified atom stereocenters. The quantitative estimate of drug-likeness (QED) is 0.623. The standard InChI is InChI=1S/C21H33ClN2O3/c1-5-7-12-27-20-18(22)13-16(14-19(20)26-6-2)21(25)23-17-8-10-24(11-9-17)15(3)4/h13-15,17H,5-12H2,1-4H3,(H,23,25). The molecule has 1 aliphatic rings. The summed E-state index contributed by atoms with van der Waals surface area (Å²) in [6, 6.07) is 4.15. The third kappa shape index (κ3) is 6.28. The molecule has 2 rings (SSSR count). The van der Waals surface area contributed by atoms with Gasteiger partial charge in [-0.2, -0.15) is 0 Å². The third-order valence-corrected chi connectivity index (χ3v) is 5.19. The summed E-state index contributed by atoms with van der Waals surface area (Å²) in [6.07, 6.45) is 3.92. The SMILES string of the molecule is CCCCOc1c(Cl)cc(C(=O)NC2CCN(C(C)C)CC2)cc1OCC. The monoisotopic (exact) mass is 396 g/mol. The molecule has 1 aromatic rings. The molecule has 1 aliphatic heterocycles. The lowest BCUT2D eigenvalue weighted by molar-refractivity contribution is 0.0900. The molecule has 1 heterocycles. The number of unbranched alkanes of at least 4 members (excludes halogenated alkanes) is 1. The molecule has 6 heteroatoms. The summed E-state index contributed by atoms with van der Waals surface area (Å²) in [7, 11) is 0. The van der Waals surface area contributed by atoms with Gasteiger partial charge >= 0.3 is 0 Å². The molecule has 5 nitrogen and oxygen atoms in total. The van der Waals surface area contributed by atoms with Gasteiger partial charge in [0.05, 0.1) is 18.2 Å². The van der Waals surface area contributed by atoms with Gasteiger partial charge in [-0.1, -0.05) is 24.9 Å². The Morgan fingerprint density at radius 2 is 1.96 bits per heavy atom. The lowest BCUT2D eigenvalue weighted by Crippen LogP contribution is -2.46. The second-order valence-corrected chi connectivity index (χ2v) is 7.71. The molecule has 0 aliphatic carbocycles. The largest absolute Gasteiger partial charge is 0.490 e. The lowest BCUT2D eigenvalue weighted by Gasteiger charge is -2.34. The van der Waals surface area contributed by atoms with E-state index in [9.17, 15) is 4.79 Å². The van der Waals surface area contributed by atoms with Crippen LogP contribution in [0.3, 0.4) is 0 Å². The summed E-state index contributed by atoms with van der Waals surface area (Å²) in [5, 5.41) is 3.56. The molecule has 0 saturated carbocycles. The molecule has 1 N–H and O–H groups in total. The molecule has 0 radical (unpaired) electrons. The second-order valence-electron chi connectivity index (χ2n) is 7.30. The Bertz CT molecular complexity index is 614. The van der Waals surface area contributed by atoms with Crippen LogP contribution in [0.1, 0.15) is 63.7 Å². The van der Waals surface area contributed by atoms with Crippen LogP contribution in [0.5, 0.6) is 11.5 Å². The van der Waals surface area contributed by atoms with Crippen LogP contribution in [0.4, 0.5) is 0 Å². The summed E-state index contributed by atoms with van der Waals surface area (Å²) in [5.41, 5.74) is 0.512. The number of hydrogen-bond donors (Lipinski definition) is 1. The minimum absolute atomic E-state index is 0.110. The Morgan fingerprint density at radius 3 is 2.56 bits per heavy atom. The molecule has 0 aromatic heterocycles. The first kappa shape index (κ1) is 21.8. The van der Waals surface area contributed by atoms with E-state index in [1.165, 1.54) is 0 Å². The van der Waals surface area contributed by atoms with E-state index in [4.69, 9.17) is 21.1 Å². The minimum Gasteiger partial charge on any atom is -0.490 e. The van der Waals surface area contributed by atoms with Crippen molar-refractivity contribution in [2.45, 2.75) is 65.5 Å². The van der Waals surface area contributed by atoms with Crippen molar-refractivity contribution in [3.8, 4) is 11.5 Å². The van der Waals surface area contributed by atoms with Crippen molar-refractivity contribution in [3.05, 3.63) is 22.7 Å². The smallest absolute Gasteiger partial charge is 0.251 e. The number of halogens is 1. The zero-order chi connectivity index (χ0) is 19.8. The fraction of sp³-hybridized carbons (Fsp3) is 0.667. The second kappa shape index (κ2) is 10.8. The van der Waals surface area contributed by atoms with E-state index in [0.29, 0.717) is 41.3 Å². The number of nitrogens with zero attached hydrogens (tertiary/aromatic N) is 1. The van der Waals surface area contributed by atoms with Gasteiger partial charge in [-0.3, -0.25) is 4.79 Å². The molecule has 0 bridgehead atoms. The van der Waals surface area contributed by atoms with Crippen LogP contribution in [0, 0.1) is 0 Å². The van der Waals surface area contributed by atoms with Gasteiger partial charge < -0.3 is 19.7 Å². The third-order valence-electron chi connectivity index (χ3n) is 4.91. The maximum absolute atomic E-state index is 12.7. The number of rotatable bonds is 9. The Morgan fingerprint density at radius 1 is 1.26 bits per heavy atom. The number of carbonyl (C=O) groups excluding carboxylic acids is 1. The lowest BCUT2D eigenvalue weighted by atomic mass is 10.0. The molecule has 1 saturated heterocycles. The molecule has 152 valence electrons. The van der Waals surface area contributed by atoms with Crippen LogP contribution in [-0.2, 0) is 0 Å². The van der Waals surface area contributed by atoms with E-state index in [1.54, 1.807) is 12.1 Å². The molecule has 0 spiro atoms. The average molecular weight is 397 g/mol. The van der Waals surface area contributed by atoms with Gasteiger partial charge in [0.15, 0.2) is 11.5 Å². The summed E-state index contributed by atoms with van der Waals surface area (Å²) in [5.74, 6) is 0.940. The highest BCUT2D eigenvalue weighted by molar-refractivity contribution is 6.32. The van der Waals surface area contributed by atoms with Crippen molar-refractivity contribution >= 4 is 17.5 Å². The Balaban J connectivity index is 2.05. The van der Waals surface area contributed by atoms with Gasteiger partial charge in [0.25, 0.3) is 5.91 Å². The van der Waals surface area contributed by atoms with Gasteiger partial charge in [-0.25, -0.2) is 0 Å². The van der Waals surface area contributed by atoms with Crippen LogP contribution >= 0.6 is 11.6 Å². The maximum Gasteiger partial charge on any atom is 0.251 e. The van der Waals surface area contributed by atoms with E-state index in [1.807, 2.05) is 6.92 Å². The molecular weight excluding hydrogens is 364 g/mol. The predicted molar refractivity (Wildman–Crippen MR) is 110 cm³/mol. The van der Waals surface area contributed by atoms with Crippen LogP contribution in [0.15, 0.2) is 12.1 Å². The van der Waals surface area contributed by atoms with Gasteiger partial charge in [0, 0.05) is 30.7 Å². The van der Waals surface area contributed by atoms with Gasteiger partial charge in [0.1, 0.15) is 0 Å². The Labute approximate surface area is 168 Å². The van der Waals surface area contributed by atoms with Crippen LogP contribution < -0.4 is 14.8 Å². The van der Waals surface area contributed by atoms with Crippen LogP contribution in [0.2, 0.25) is 5.02 Å². The first-order valence-corrected chi connectivity index (χ1v) is 10.5. The van der Waals surface area contributed by atoms with E-state index >= 15 is 0 Å². The topological polar surface area (TPSA) is 50.8 Å². The normalized spacial score (nSPS) is 15.8. The Hall–Kier alpha value is -1.46. The number of amides is 1. The first-order chi connectivity index (χ1) is 13.0. The van der Waals surface area contributed by atoms with Crippen LogP contribution in [-0.4, -0.2) is 49.2 Å². The van der Waals surface area contributed by atoms with E-state index in [0.717, 1.165) is 38.8 Å². The highest BCUT2D eigenvalue weighted by Crippen LogP contribution is 2.37. The predicted octanol–water partition coefficient (Wildman–Crippen LogP) is 4.52. The van der Waals surface area contributed by atoms with E-state index in [2.05, 4.69) is 31.0 Å². The van der Waals surface area contributed by atoms with Crippen LogP contribution in [0.25, 0.3) is 0 Å². The van der Waals surface area contributed by atoms with Gasteiger partial charge in [0.2, 0.25) is 0 Å². The summed E-state index contributed by atoms with van der Waals surface area (Å²) in [6.45, 7) is 11.5. The number of nitrogens with one attached hydrogen (secondary N) is 1. The van der Waals surface area contributed by atoms with E-state index in [-0.39, 0.29) is 11.9 Å². The van der Waals surface area contributed by atoms with Gasteiger partial charge in [-0.15, -0.1) is 0 Å². The van der Waals surface area contributed by atoms with E-state index < -0.39 is 0 Å². The Kier molecular flexibility index (Phi) is 8.71. The molecule has 1 fully saturated rings. The molecular formula is C21H33ClN2O3.